The van der Waals surface area contributed by atoms with E-state index in [0.29, 0.717) is 17.5 Å². The van der Waals surface area contributed by atoms with E-state index in [1.807, 2.05) is 6.07 Å². The number of furan rings is 1. The first-order chi connectivity index (χ1) is 29.5. The highest BCUT2D eigenvalue weighted by Crippen LogP contribution is 2.52. The molecule has 2 heterocycles. The van der Waals surface area contributed by atoms with Gasteiger partial charge in [-0.3, -0.25) is 0 Å². The molecule has 60 heavy (non-hydrogen) atoms. The molecule has 4 heteroatoms. The number of fused-ring (bicyclic) bond motifs is 9. The molecule has 4 nitrogen and oxygen atoms in total. The molecule has 0 spiro atoms. The van der Waals surface area contributed by atoms with Crippen LogP contribution in [0.2, 0.25) is 0 Å². The molecule has 2 aromatic heterocycles. The van der Waals surface area contributed by atoms with Gasteiger partial charge in [0.15, 0.2) is 17.5 Å². The van der Waals surface area contributed by atoms with Crippen LogP contribution < -0.4 is 0 Å². The molecular formula is C56H37N3O. The van der Waals surface area contributed by atoms with Crippen molar-refractivity contribution in [3.63, 3.8) is 0 Å². The van der Waals surface area contributed by atoms with E-state index in [1.54, 1.807) is 0 Å². The number of aromatic nitrogens is 3. The number of nitrogens with zero attached hydrogens (tertiary/aromatic N) is 3. The SMILES string of the molecule is CC1(C)c2ccccc2-c2c(-c3nc(-c4ccc5c(c4)oc4cccc(-c6ccc(-c7ccccc7)cc6)c45)nc(-c4cc5ccccc5c5ccccc45)n3)cccc21. The van der Waals surface area contributed by atoms with E-state index in [1.165, 1.54) is 44.2 Å². The van der Waals surface area contributed by atoms with Gasteiger partial charge in [-0.2, -0.15) is 0 Å². The zero-order valence-corrected chi connectivity index (χ0v) is 33.1. The van der Waals surface area contributed by atoms with Crippen LogP contribution in [0.4, 0.5) is 0 Å². The normalized spacial score (nSPS) is 13.0. The molecule has 11 aromatic rings. The Bertz CT molecular complexity index is 3510. The van der Waals surface area contributed by atoms with Crippen LogP contribution in [0, 0.1) is 0 Å². The average molecular weight is 768 g/mol. The van der Waals surface area contributed by atoms with Crippen LogP contribution in [0.5, 0.6) is 0 Å². The second kappa shape index (κ2) is 13.2. The summed E-state index contributed by atoms with van der Waals surface area (Å²) >= 11 is 0. The summed E-state index contributed by atoms with van der Waals surface area (Å²) in [5.74, 6) is 1.86. The van der Waals surface area contributed by atoms with Crippen LogP contribution in [0.25, 0.3) is 111 Å². The predicted molar refractivity (Wildman–Crippen MR) is 247 cm³/mol. The molecule has 0 bridgehead atoms. The van der Waals surface area contributed by atoms with E-state index in [-0.39, 0.29) is 5.41 Å². The second-order valence-corrected chi connectivity index (χ2v) is 16.3. The number of benzene rings is 9. The van der Waals surface area contributed by atoms with Crippen molar-refractivity contribution in [3.05, 3.63) is 199 Å². The van der Waals surface area contributed by atoms with E-state index in [9.17, 15) is 0 Å². The van der Waals surface area contributed by atoms with Crippen molar-refractivity contribution in [2.45, 2.75) is 19.3 Å². The molecule has 0 fully saturated rings. The topological polar surface area (TPSA) is 51.8 Å². The van der Waals surface area contributed by atoms with Gasteiger partial charge in [0.25, 0.3) is 0 Å². The number of hydrogen-bond acceptors (Lipinski definition) is 4. The Morgan fingerprint density at radius 2 is 0.967 bits per heavy atom. The summed E-state index contributed by atoms with van der Waals surface area (Å²) in [6.45, 7) is 4.61. The standard InChI is InChI=1S/C56H37N3O/c1-56(2)47-23-11-10-20-43(47)51-45(22-12-24-48(51)56)54-57-53(58-55(59-54)46-32-37-16-6-7-17-39(37)41-18-8-9-19-42(41)46)38-30-31-44-50(33-38)60-49-25-13-21-40(52(44)49)36-28-26-35(27-29-36)34-14-4-3-5-15-34/h3-33H,1-2H3. The predicted octanol–water partition coefficient (Wildman–Crippen LogP) is 14.7. The van der Waals surface area contributed by atoms with Gasteiger partial charge in [0, 0.05) is 32.9 Å². The summed E-state index contributed by atoms with van der Waals surface area (Å²) < 4.78 is 6.66. The fourth-order valence-electron chi connectivity index (χ4n) is 9.60. The zero-order chi connectivity index (χ0) is 40.0. The third-order valence-corrected chi connectivity index (χ3v) is 12.6. The lowest BCUT2D eigenvalue weighted by Crippen LogP contribution is -2.14. The Labute approximate surface area is 347 Å². The molecule has 0 saturated heterocycles. The van der Waals surface area contributed by atoms with Crippen LogP contribution in [0.15, 0.2) is 192 Å². The van der Waals surface area contributed by atoms with E-state index in [0.717, 1.165) is 60.5 Å². The first-order valence-electron chi connectivity index (χ1n) is 20.5. The molecule has 1 aliphatic carbocycles. The Balaban J connectivity index is 1.06. The summed E-state index contributed by atoms with van der Waals surface area (Å²) in [5, 5.41) is 6.74. The van der Waals surface area contributed by atoms with Crippen LogP contribution in [0.1, 0.15) is 25.0 Å². The smallest absolute Gasteiger partial charge is 0.164 e. The van der Waals surface area contributed by atoms with Crippen molar-refractivity contribution in [1.82, 2.24) is 15.0 Å². The van der Waals surface area contributed by atoms with Gasteiger partial charge in [0.05, 0.1) is 0 Å². The maximum Gasteiger partial charge on any atom is 0.164 e. The van der Waals surface area contributed by atoms with Gasteiger partial charge in [-0.15, -0.1) is 0 Å². The number of hydrogen-bond donors (Lipinski definition) is 0. The maximum atomic E-state index is 6.66. The Kier molecular flexibility index (Phi) is 7.54. The van der Waals surface area contributed by atoms with Crippen LogP contribution in [0.3, 0.4) is 0 Å². The fourth-order valence-corrected chi connectivity index (χ4v) is 9.60. The van der Waals surface area contributed by atoms with Gasteiger partial charge < -0.3 is 4.42 Å². The molecule has 0 atom stereocenters. The van der Waals surface area contributed by atoms with Crippen molar-refractivity contribution >= 4 is 43.5 Å². The van der Waals surface area contributed by atoms with Gasteiger partial charge in [-0.1, -0.05) is 178 Å². The lowest BCUT2D eigenvalue weighted by molar-refractivity contribution is 0.660. The summed E-state index contributed by atoms with van der Waals surface area (Å²) in [4.78, 5) is 16.0. The fraction of sp³-hybridized carbons (Fsp3) is 0.0536. The summed E-state index contributed by atoms with van der Waals surface area (Å²) in [6.07, 6.45) is 0. The minimum Gasteiger partial charge on any atom is -0.456 e. The van der Waals surface area contributed by atoms with Crippen molar-refractivity contribution in [2.24, 2.45) is 0 Å². The Hall–Kier alpha value is -7.69. The van der Waals surface area contributed by atoms with Gasteiger partial charge in [0.2, 0.25) is 0 Å². The molecule has 9 aromatic carbocycles. The van der Waals surface area contributed by atoms with Crippen molar-refractivity contribution in [1.29, 1.82) is 0 Å². The molecule has 0 aliphatic heterocycles. The molecular weight excluding hydrogens is 731 g/mol. The minimum atomic E-state index is -0.162. The van der Waals surface area contributed by atoms with Crippen LogP contribution in [-0.4, -0.2) is 15.0 Å². The van der Waals surface area contributed by atoms with Crippen molar-refractivity contribution < 1.29 is 4.42 Å². The maximum absolute atomic E-state index is 6.66. The lowest BCUT2D eigenvalue weighted by Gasteiger charge is -2.21. The van der Waals surface area contributed by atoms with Crippen molar-refractivity contribution in [3.8, 4) is 67.5 Å². The van der Waals surface area contributed by atoms with E-state index >= 15 is 0 Å². The molecule has 12 rings (SSSR count). The molecule has 0 amide bonds. The first-order valence-corrected chi connectivity index (χ1v) is 20.5. The van der Waals surface area contributed by atoms with Crippen LogP contribution in [-0.2, 0) is 5.41 Å². The minimum absolute atomic E-state index is 0.162. The first kappa shape index (κ1) is 34.4. The third kappa shape index (κ3) is 5.27. The largest absolute Gasteiger partial charge is 0.456 e. The summed E-state index contributed by atoms with van der Waals surface area (Å²) in [6, 6.07) is 66.6. The number of rotatable bonds is 5. The average Bonchev–Trinajstić information content (AvgIpc) is 3.80. The highest BCUT2D eigenvalue weighted by Gasteiger charge is 2.37. The highest BCUT2D eigenvalue weighted by molar-refractivity contribution is 6.14. The van der Waals surface area contributed by atoms with E-state index in [4.69, 9.17) is 19.4 Å². The Morgan fingerprint density at radius 1 is 0.367 bits per heavy atom. The van der Waals surface area contributed by atoms with Crippen LogP contribution >= 0.6 is 0 Å². The summed E-state index contributed by atoms with van der Waals surface area (Å²) in [7, 11) is 0. The van der Waals surface area contributed by atoms with Crippen molar-refractivity contribution in [2.75, 3.05) is 0 Å². The van der Waals surface area contributed by atoms with Gasteiger partial charge in [0.1, 0.15) is 11.2 Å². The molecule has 282 valence electrons. The third-order valence-electron chi connectivity index (χ3n) is 12.6. The van der Waals surface area contributed by atoms with Gasteiger partial charge >= 0.3 is 0 Å². The highest BCUT2D eigenvalue weighted by atomic mass is 16.3. The molecule has 1 aliphatic rings. The monoisotopic (exact) mass is 767 g/mol. The molecule has 0 radical (unpaired) electrons. The van der Waals surface area contributed by atoms with E-state index in [2.05, 4.69) is 196 Å². The lowest BCUT2D eigenvalue weighted by atomic mass is 9.82. The second-order valence-electron chi connectivity index (χ2n) is 16.3. The van der Waals surface area contributed by atoms with Gasteiger partial charge in [-0.05, 0) is 90.3 Å². The molecule has 0 saturated carbocycles. The quantitative estimate of drug-likeness (QED) is 0.164. The molecule has 0 N–H and O–H groups in total. The van der Waals surface area contributed by atoms with Gasteiger partial charge in [-0.25, -0.2) is 15.0 Å². The summed E-state index contributed by atoms with van der Waals surface area (Å²) in [5.41, 5.74) is 13.9. The Morgan fingerprint density at radius 3 is 1.82 bits per heavy atom. The zero-order valence-electron chi connectivity index (χ0n) is 33.1. The molecule has 0 unspecified atom stereocenters. The van der Waals surface area contributed by atoms with E-state index < -0.39 is 0 Å².